The Balaban J connectivity index is 0.00000242. The van der Waals surface area contributed by atoms with Gasteiger partial charge >= 0.3 is 29.6 Å². The van der Waals surface area contributed by atoms with Crippen molar-refractivity contribution in [2.24, 2.45) is 5.92 Å². The van der Waals surface area contributed by atoms with E-state index in [9.17, 15) is 23.5 Å². The summed E-state index contributed by atoms with van der Waals surface area (Å²) in [6.45, 7) is 0.185. The molecule has 0 aromatic rings. The average molecular weight is 327 g/mol. The summed E-state index contributed by atoms with van der Waals surface area (Å²) in [5.74, 6) is -4.65. The number of carbonyl (C=O) groups excluding carboxylic acids is 2. The number of aliphatic carboxylic acids is 1. The van der Waals surface area contributed by atoms with E-state index in [1.807, 2.05) is 0 Å². The number of nitrogens with one attached hydrogen (secondary N) is 1. The zero-order valence-corrected chi connectivity index (χ0v) is 14.8. The Bertz CT molecular complexity index is 408. The molecule has 1 aliphatic heterocycles. The fraction of sp³-hybridized carbons (Fsp3) is 0.857. The van der Waals surface area contributed by atoms with Crippen LogP contribution >= 0.6 is 0 Å². The molecule has 2 aliphatic rings. The van der Waals surface area contributed by atoms with Gasteiger partial charge in [-0.3, -0.25) is 4.79 Å². The van der Waals surface area contributed by atoms with Gasteiger partial charge in [-0.2, -0.15) is 0 Å². The molecule has 1 amide bonds. The van der Waals surface area contributed by atoms with Crippen LogP contribution in [-0.2, 0) is 14.3 Å². The molecule has 0 aromatic heterocycles. The van der Waals surface area contributed by atoms with E-state index in [-0.39, 0.29) is 61.3 Å². The molecule has 0 aromatic carbocycles. The number of ether oxygens (including phenoxy) is 1. The van der Waals surface area contributed by atoms with E-state index in [1.54, 1.807) is 0 Å². The Hall–Kier alpha value is -0.240. The Kier molecular flexibility index (Phi) is 7.71. The van der Waals surface area contributed by atoms with E-state index in [2.05, 4.69) is 5.32 Å². The van der Waals surface area contributed by atoms with Crippen molar-refractivity contribution >= 4 is 11.9 Å². The summed E-state index contributed by atoms with van der Waals surface area (Å²) in [6, 6.07) is 0. The largest absolute Gasteiger partial charge is 1.00 e. The van der Waals surface area contributed by atoms with E-state index in [0.717, 1.165) is 6.42 Å². The fourth-order valence-corrected chi connectivity index (χ4v) is 2.98. The van der Waals surface area contributed by atoms with Crippen LogP contribution < -0.4 is 40.0 Å². The van der Waals surface area contributed by atoms with Crippen LogP contribution in [0, 0.1) is 5.92 Å². The first-order chi connectivity index (χ1) is 9.87. The van der Waals surface area contributed by atoms with Crippen molar-refractivity contribution in [1.29, 1.82) is 0 Å². The first kappa shape index (κ1) is 19.8. The zero-order chi connectivity index (χ0) is 15.5. The summed E-state index contributed by atoms with van der Waals surface area (Å²) < 4.78 is 32.0. The molecule has 2 rings (SSSR count). The average Bonchev–Trinajstić information content (AvgIpc) is 2.83. The van der Waals surface area contributed by atoms with Gasteiger partial charge < -0.3 is 20.0 Å². The van der Waals surface area contributed by atoms with Gasteiger partial charge in [-0.15, -0.1) is 0 Å². The minimum absolute atomic E-state index is 0. The van der Waals surface area contributed by atoms with Gasteiger partial charge in [-0.05, 0) is 31.6 Å². The predicted molar refractivity (Wildman–Crippen MR) is 67.4 cm³/mol. The smallest absolute Gasteiger partial charge is 0.547 e. The van der Waals surface area contributed by atoms with Crippen molar-refractivity contribution in [2.75, 3.05) is 6.54 Å². The van der Waals surface area contributed by atoms with E-state index in [4.69, 9.17) is 4.74 Å². The number of amides is 1. The molecule has 1 heterocycles. The van der Waals surface area contributed by atoms with Crippen molar-refractivity contribution in [3.63, 3.8) is 0 Å². The first-order valence-electron chi connectivity index (χ1n) is 7.39. The number of carboxylic acids is 1. The van der Waals surface area contributed by atoms with Crippen LogP contribution in [0.3, 0.4) is 0 Å². The van der Waals surface area contributed by atoms with E-state index in [1.165, 1.54) is 0 Å². The molecule has 1 saturated carbocycles. The quantitative estimate of drug-likeness (QED) is 0.462. The van der Waals surface area contributed by atoms with Crippen LogP contribution in [0.1, 0.15) is 44.9 Å². The summed E-state index contributed by atoms with van der Waals surface area (Å²) in [7, 11) is 0. The van der Waals surface area contributed by atoms with Crippen LogP contribution in [-0.4, -0.2) is 36.6 Å². The maximum Gasteiger partial charge on any atom is 1.00 e. The fourth-order valence-electron chi connectivity index (χ4n) is 2.98. The predicted octanol–water partition coefficient (Wildman–Crippen LogP) is -2.38. The van der Waals surface area contributed by atoms with Crippen molar-refractivity contribution in [2.45, 2.75) is 63.1 Å². The number of halogens is 2. The number of carbonyl (C=O) groups is 2. The third-order valence-corrected chi connectivity index (χ3v) is 4.13. The third kappa shape index (κ3) is 5.76. The Morgan fingerprint density at radius 3 is 2.50 bits per heavy atom. The molecule has 8 heteroatoms. The molecule has 2 fully saturated rings. The molecule has 120 valence electrons. The molecule has 3 atom stereocenters. The van der Waals surface area contributed by atoms with Gasteiger partial charge in [0, 0.05) is 19.4 Å². The van der Waals surface area contributed by atoms with E-state index in [0.29, 0.717) is 19.3 Å². The van der Waals surface area contributed by atoms with Crippen LogP contribution in [0.2, 0.25) is 0 Å². The van der Waals surface area contributed by atoms with Crippen LogP contribution in [0.15, 0.2) is 0 Å². The summed E-state index contributed by atoms with van der Waals surface area (Å²) in [5.41, 5.74) is 0. The molecular weight excluding hydrogens is 307 g/mol. The van der Waals surface area contributed by atoms with Gasteiger partial charge in [0.2, 0.25) is 11.8 Å². The Morgan fingerprint density at radius 2 is 1.86 bits per heavy atom. The van der Waals surface area contributed by atoms with Gasteiger partial charge in [0.25, 0.3) is 0 Å². The van der Waals surface area contributed by atoms with Gasteiger partial charge in [0.15, 0.2) is 0 Å². The monoisotopic (exact) mass is 327 g/mol. The maximum absolute atomic E-state index is 13.5. The summed E-state index contributed by atoms with van der Waals surface area (Å²) >= 11 is 0. The van der Waals surface area contributed by atoms with Crippen molar-refractivity contribution in [3.8, 4) is 0 Å². The van der Waals surface area contributed by atoms with Crippen LogP contribution in [0.25, 0.3) is 0 Å². The molecule has 1 aliphatic carbocycles. The first-order valence-corrected chi connectivity index (χ1v) is 7.39. The number of rotatable bonds is 4. The summed E-state index contributed by atoms with van der Waals surface area (Å²) in [5, 5.41) is 13.2. The molecular formula is C14H20F2NNaO4. The van der Waals surface area contributed by atoms with Gasteiger partial charge in [0.1, 0.15) is 6.10 Å². The molecule has 0 radical (unpaired) electrons. The van der Waals surface area contributed by atoms with Crippen molar-refractivity contribution < 1.29 is 57.8 Å². The van der Waals surface area contributed by atoms with Gasteiger partial charge in [-0.25, -0.2) is 8.78 Å². The normalized spacial score (nSPS) is 30.9. The molecule has 0 bridgehead atoms. The Morgan fingerprint density at radius 1 is 1.18 bits per heavy atom. The minimum Gasteiger partial charge on any atom is -0.547 e. The molecule has 3 unspecified atom stereocenters. The van der Waals surface area contributed by atoms with Gasteiger partial charge in [-0.1, -0.05) is 6.42 Å². The van der Waals surface area contributed by atoms with Gasteiger partial charge in [0.05, 0.1) is 12.1 Å². The minimum atomic E-state index is -2.66. The molecule has 5 nitrogen and oxygen atoms in total. The third-order valence-electron chi connectivity index (χ3n) is 4.13. The summed E-state index contributed by atoms with van der Waals surface area (Å²) in [4.78, 5) is 22.5. The van der Waals surface area contributed by atoms with Crippen molar-refractivity contribution in [3.05, 3.63) is 0 Å². The second kappa shape index (κ2) is 8.57. The Labute approximate surface area is 150 Å². The second-order valence-electron chi connectivity index (χ2n) is 5.93. The van der Waals surface area contributed by atoms with Crippen LogP contribution in [0.5, 0.6) is 0 Å². The maximum atomic E-state index is 13.5. The number of carboxylic acid groups (broad SMARTS) is 1. The molecule has 22 heavy (non-hydrogen) atoms. The number of hydrogen-bond acceptors (Lipinski definition) is 4. The standard InChI is InChI=1S/C14H21F2NO4.Na/c15-14(16)6-2-1-3-9(7-14)8-17-12(18)10-4-5-11(21-10)13(19)20;/h9-11H,1-8H2,(H,17,18)(H,19,20);/q;+1/p-1. The van der Waals surface area contributed by atoms with E-state index >= 15 is 0 Å². The zero-order valence-electron chi connectivity index (χ0n) is 12.8. The van der Waals surface area contributed by atoms with Crippen LogP contribution in [0.4, 0.5) is 8.78 Å². The van der Waals surface area contributed by atoms with Crippen molar-refractivity contribution in [1.82, 2.24) is 5.32 Å². The molecule has 0 spiro atoms. The SMILES string of the molecule is O=C([O-])C1CCC(C(=O)NCC2CCCCC(F)(F)C2)O1.[Na+]. The topological polar surface area (TPSA) is 78.5 Å². The summed E-state index contributed by atoms with van der Waals surface area (Å²) in [6.07, 6.45) is 0.300. The molecule has 1 N–H and O–H groups in total. The molecule has 1 saturated heterocycles. The number of alkyl halides is 2. The second-order valence-corrected chi connectivity index (χ2v) is 5.93. The number of hydrogen-bond donors (Lipinski definition) is 1. The van der Waals surface area contributed by atoms with E-state index < -0.39 is 30.0 Å².